The van der Waals surface area contributed by atoms with Gasteiger partial charge < -0.3 is 4.74 Å². The van der Waals surface area contributed by atoms with Gasteiger partial charge in [0.1, 0.15) is 5.75 Å². The molecule has 0 unspecified atom stereocenters. The van der Waals surface area contributed by atoms with E-state index >= 15 is 0 Å². The number of rotatable bonds is 1. The van der Waals surface area contributed by atoms with Gasteiger partial charge in [-0.25, -0.2) is 0 Å². The summed E-state index contributed by atoms with van der Waals surface area (Å²) < 4.78 is 5.35. The van der Waals surface area contributed by atoms with Crippen molar-refractivity contribution in [1.29, 1.82) is 0 Å². The smallest absolute Gasteiger partial charge is 0.119 e. The number of hydrogen-bond donors (Lipinski definition) is 0. The van der Waals surface area contributed by atoms with Crippen LogP contribution in [0.5, 0.6) is 5.75 Å². The van der Waals surface area contributed by atoms with Crippen molar-refractivity contribution in [3.05, 3.63) is 41.5 Å². The van der Waals surface area contributed by atoms with E-state index in [0.29, 0.717) is 0 Å². The SMILES string of the molecule is COc1ccc2c3c(ccc2c1)[C@H]1CC[C@H](C)[C@H]1CC3. The Morgan fingerprint density at radius 3 is 2.80 bits per heavy atom. The Balaban J connectivity index is 1.87. The monoisotopic (exact) mass is 266 g/mol. The van der Waals surface area contributed by atoms with E-state index in [1.165, 1.54) is 36.5 Å². The summed E-state index contributed by atoms with van der Waals surface area (Å²) in [6, 6.07) is 11.2. The molecule has 2 aromatic carbocycles. The Kier molecular flexibility index (Phi) is 2.76. The van der Waals surface area contributed by atoms with Crippen LogP contribution in [0.2, 0.25) is 0 Å². The zero-order valence-corrected chi connectivity index (χ0v) is 12.4. The Hall–Kier alpha value is -1.50. The van der Waals surface area contributed by atoms with E-state index in [1.807, 2.05) is 0 Å². The predicted octanol–water partition coefficient (Wildman–Crippen LogP) is 4.92. The van der Waals surface area contributed by atoms with Crippen LogP contribution >= 0.6 is 0 Å². The third-order valence-electron chi connectivity index (χ3n) is 5.68. The van der Waals surface area contributed by atoms with Crippen LogP contribution in [0.1, 0.15) is 43.2 Å². The molecule has 0 bridgehead atoms. The summed E-state index contributed by atoms with van der Waals surface area (Å²) in [5.74, 6) is 3.62. The van der Waals surface area contributed by atoms with Gasteiger partial charge in [0.25, 0.3) is 0 Å². The van der Waals surface area contributed by atoms with E-state index in [-0.39, 0.29) is 0 Å². The largest absolute Gasteiger partial charge is 0.497 e. The molecule has 0 heterocycles. The van der Waals surface area contributed by atoms with Crippen molar-refractivity contribution in [3.63, 3.8) is 0 Å². The molecule has 0 radical (unpaired) electrons. The van der Waals surface area contributed by atoms with Gasteiger partial charge in [-0.3, -0.25) is 0 Å². The maximum Gasteiger partial charge on any atom is 0.119 e. The van der Waals surface area contributed by atoms with Crippen molar-refractivity contribution in [2.75, 3.05) is 7.11 Å². The van der Waals surface area contributed by atoms with Crippen LogP contribution in [0.25, 0.3) is 10.8 Å². The summed E-state index contributed by atoms with van der Waals surface area (Å²) in [6.07, 6.45) is 5.43. The third-order valence-corrected chi connectivity index (χ3v) is 5.68. The van der Waals surface area contributed by atoms with Crippen molar-refractivity contribution in [2.45, 2.75) is 38.5 Å². The molecule has 1 nitrogen and oxygen atoms in total. The van der Waals surface area contributed by atoms with Crippen LogP contribution in [0.4, 0.5) is 0 Å². The van der Waals surface area contributed by atoms with E-state index in [0.717, 1.165) is 23.5 Å². The summed E-state index contributed by atoms with van der Waals surface area (Å²) >= 11 is 0. The predicted molar refractivity (Wildman–Crippen MR) is 83.5 cm³/mol. The molecule has 2 aliphatic carbocycles. The minimum absolute atomic E-state index is 0.820. The van der Waals surface area contributed by atoms with Crippen LogP contribution < -0.4 is 4.74 Å². The molecule has 4 rings (SSSR count). The van der Waals surface area contributed by atoms with Gasteiger partial charge >= 0.3 is 0 Å². The quantitative estimate of drug-likeness (QED) is 0.711. The molecule has 0 aliphatic heterocycles. The molecule has 1 saturated carbocycles. The summed E-state index contributed by atoms with van der Waals surface area (Å²) in [4.78, 5) is 0. The molecule has 20 heavy (non-hydrogen) atoms. The Labute approximate surface area is 120 Å². The molecule has 1 heteroatoms. The van der Waals surface area contributed by atoms with Crippen molar-refractivity contribution >= 4 is 10.8 Å². The van der Waals surface area contributed by atoms with Crippen molar-refractivity contribution in [1.82, 2.24) is 0 Å². The average Bonchev–Trinajstić information content (AvgIpc) is 2.88. The standard InChI is InChI=1S/C19H22O/c1-12-3-6-17-15(12)9-10-18-16-8-5-14(20-2)11-13(16)4-7-19(17)18/h4-5,7-8,11-12,15,17H,3,6,9-10H2,1-2H3/t12-,15+,17-/m0/s1. The van der Waals surface area contributed by atoms with Crippen molar-refractivity contribution in [2.24, 2.45) is 11.8 Å². The lowest BCUT2D eigenvalue weighted by molar-refractivity contribution is 0.345. The number of benzene rings is 2. The van der Waals surface area contributed by atoms with E-state index in [4.69, 9.17) is 4.74 Å². The van der Waals surface area contributed by atoms with Crippen LogP contribution in [0.3, 0.4) is 0 Å². The van der Waals surface area contributed by atoms with Gasteiger partial charge in [-0.2, -0.15) is 0 Å². The molecular weight excluding hydrogens is 244 g/mol. The molecule has 0 aromatic heterocycles. The lowest BCUT2D eigenvalue weighted by atomic mass is 9.73. The average molecular weight is 266 g/mol. The lowest BCUT2D eigenvalue weighted by Crippen LogP contribution is -2.19. The maximum absolute atomic E-state index is 5.35. The summed E-state index contributed by atoms with van der Waals surface area (Å²) in [5.41, 5.74) is 3.25. The Morgan fingerprint density at radius 1 is 1.05 bits per heavy atom. The normalized spacial score (nSPS) is 28.2. The van der Waals surface area contributed by atoms with E-state index < -0.39 is 0 Å². The highest BCUT2D eigenvalue weighted by atomic mass is 16.5. The van der Waals surface area contributed by atoms with Crippen molar-refractivity contribution in [3.8, 4) is 5.75 Å². The van der Waals surface area contributed by atoms with Crippen molar-refractivity contribution < 1.29 is 4.74 Å². The number of hydrogen-bond acceptors (Lipinski definition) is 1. The third kappa shape index (κ3) is 1.69. The van der Waals surface area contributed by atoms with Gasteiger partial charge in [0.2, 0.25) is 0 Å². The van der Waals surface area contributed by atoms with Gasteiger partial charge in [0, 0.05) is 0 Å². The minimum Gasteiger partial charge on any atom is -0.497 e. The van der Waals surface area contributed by atoms with Crippen LogP contribution in [-0.4, -0.2) is 7.11 Å². The minimum atomic E-state index is 0.820. The number of fused-ring (bicyclic) bond motifs is 5. The highest BCUT2D eigenvalue weighted by Crippen LogP contribution is 2.50. The number of aryl methyl sites for hydroxylation is 1. The highest BCUT2D eigenvalue weighted by Gasteiger charge is 2.38. The highest BCUT2D eigenvalue weighted by molar-refractivity contribution is 5.88. The van der Waals surface area contributed by atoms with E-state index in [1.54, 1.807) is 18.2 Å². The Morgan fingerprint density at radius 2 is 1.95 bits per heavy atom. The molecule has 0 spiro atoms. The van der Waals surface area contributed by atoms with E-state index in [9.17, 15) is 0 Å². The topological polar surface area (TPSA) is 9.23 Å². The first-order chi connectivity index (χ1) is 9.78. The number of ether oxygens (including phenoxy) is 1. The second kappa shape index (κ2) is 4.51. The molecule has 0 saturated heterocycles. The maximum atomic E-state index is 5.35. The second-order valence-corrected chi connectivity index (χ2v) is 6.58. The molecule has 1 fully saturated rings. The molecule has 3 atom stereocenters. The molecule has 0 N–H and O–H groups in total. The first kappa shape index (κ1) is 12.3. The molecule has 0 amide bonds. The molecule has 104 valence electrons. The first-order valence-electron chi connectivity index (χ1n) is 7.87. The van der Waals surface area contributed by atoms with Crippen LogP contribution in [-0.2, 0) is 6.42 Å². The van der Waals surface area contributed by atoms with Gasteiger partial charge in [-0.05, 0) is 77.5 Å². The first-order valence-corrected chi connectivity index (χ1v) is 7.87. The fourth-order valence-electron chi connectivity index (χ4n) is 4.59. The van der Waals surface area contributed by atoms with Crippen LogP contribution in [0, 0.1) is 11.8 Å². The van der Waals surface area contributed by atoms with Crippen LogP contribution in [0.15, 0.2) is 30.3 Å². The van der Waals surface area contributed by atoms with Gasteiger partial charge in [0.05, 0.1) is 7.11 Å². The molecular formula is C19H22O. The fraction of sp³-hybridized carbons (Fsp3) is 0.474. The zero-order valence-electron chi connectivity index (χ0n) is 12.4. The second-order valence-electron chi connectivity index (χ2n) is 6.58. The summed E-state index contributed by atoms with van der Waals surface area (Å²) in [5, 5.41) is 2.77. The fourth-order valence-corrected chi connectivity index (χ4v) is 4.59. The zero-order chi connectivity index (χ0) is 13.7. The van der Waals surface area contributed by atoms with Gasteiger partial charge in [-0.15, -0.1) is 0 Å². The Bertz CT molecular complexity index is 658. The van der Waals surface area contributed by atoms with Gasteiger partial charge in [-0.1, -0.05) is 25.1 Å². The lowest BCUT2D eigenvalue weighted by Gasteiger charge is -2.31. The summed E-state index contributed by atoms with van der Waals surface area (Å²) in [7, 11) is 1.74. The van der Waals surface area contributed by atoms with E-state index in [2.05, 4.69) is 37.3 Å². The van der Waals surface area contributed by atoms with Gasteiger partial charge in [0.15, 0.2) is 0 Å². The number of methoxy groups -OCH3 is 1. The molecule has 2 aromatic rings. The molecule has 2 aliphatic rings. The summed E-state index contributed by atoms with van der Waals surface area (Å²) in [6.45, 7) is 2.45.